The Morgan fingerprint density at radius 1 is 1.43 bits per heavy atom. The van der Waals surface area contributed by atoms with Crippen molar-refractivity contribution in [2.75, 3.05) is 20.7 Å². The quantitative estimate of drug-likeness (QED) is 0.708. The molecule has 0 spiro atoms. The van der Waals surface area contributed by atoms with Gasteiger partial charge in [-0.05, 0) is 57.0 Å². The molecule has 1 aromatic carbocycles. The van der Waals surface area contributed by atoms with Crippen LogP contribution in [0.1, 0.15) is 55.1 Å². The molecule has 0 bridgehead atoms. The minimum atomic E-state index is -3.48. The average molecular weight is 421 g/mol. The summed E-state index contributed by atoms with van der Waals surface area (Å²) >= 11 is 0. The van der Waals surface area contributed by atoms with E-state index in [2.05, 4.69) is 15.6 Å². The third-order valence-electron chi connectivity index (χ3n) is 5.76. The lowest BCUT2D eigenvalue weighted by molar-refractivity contribution is -0.159. The fourth-order valence-corrected chi connectivity index (χ4v) is 3.78. The van der Waals surface area contributed by atoms with E-state index in [1.165, 1.54) is 9.58 Å². The van der Waals surface area contributed by atoms with Crippen LogP contribution >= 0.6 is 0 Å². The van der Waals surface area contributed by atoms with Crippen LogP contribution in [-0.2, 0) is 11.3 Å². The zero-order valence-corrected chi connectivity index (χ0v) is 17.9. The van der Waals surface area contributed by atoms with Crippen molar-refractivity contribution in [3.63, 3.8) is 0 Å². The van der Waals surface area contributed by atoms with Gasteiger partial charge in [0.05, 0.1) is 25.0 Å². The summed E-state index contributed by atoms with van der Waals surface area (Å²) in [6, 6.07) is 5.16. The number of ether oxygens (including phenoxy) is 1. The zero-order valence-electron chi connectivity index (χ0n) is 17.9. The van der Waals surface area contributed by atoms with Crippen molar-refractivity contribution in [3.8, 4) is 5.75 Å². The number of alkyl halides is 2. The Hall–Kier alpha value is -2.55. The van der Waals surface area contributed by atoms with E-state index in [9.17, 15) is 13.6 Å². The van der Waals surface area contributed by atoms with Gasteiger partial charge in [0, 0.05) is 25.6 Å². The van der Waals surface area contributed by atoms with Crippen molar-refractivity contribution in [3.05, 3.63) is 41.2 Å². The number of hydrogen-bond acceptors (Lipinski definition) is 5. The SMILES string of the molecule is CNC(C)c1cn(CCC(F)(F)C(=O)N2CCCC2c2cc(OC)ccc2C)nn1. The van der Waals surface area contributed by atoms with Gasteiger partial charge in [0.2, 0.25) is 0 Å². The van der Waals surface area contributed by atoms with Crippen molar-refractivity contribution in [2.24, 2.45) is 0 Å². The number of hydrogen-bond donors (Lipinski definition) is 1. The van der Waals surface area contributed by atoms with E-state index in [0.717, 1.165) is 11.1 Å². The number of amides is 1. The maximum atomic E-state index is 14.8. The Kier molecular flexibility index (Phi) is 6.70. The molecule has 1 amide bonds. The highest BCUT2D eigenvalue weighted by molar-refractivity contribution is 5.84. The smallest absolute Gasteiger partial charge is 0.326 e. The molecule has 1 aromatic heterocycles. The molecule has 2 aromatic rings. The largest absolute Gasteiger partial charge is 0.497 e. The Balaban J connectivity index is 1.71. The highest BCUT2D eigenvalue weighted by Gasteiger charge is 2.45. The van der Waals surface area contributed by atoms with Crippen LogP contribution < -0.4 is 10.1 Å². The number of rotatable bonds is 8. The fraction of sp³-hybridized carbons (Fsp3) is 0.571. The number of carbonyl (C=O) groups excluding carboxylic acids is 1. The number of benzene rings is 1. The molecule has 1 saturated heterocycles. The maximum absolute atomic E-state index is 14.8. The third-order valence-corrected chi connectivity index (χ3v) is 5.76. The van der Waals surface area contributed by atoms with E-state index < -0.39 is 18.3 Å². The first-order valence-electron chi connectivity index (χ1n) is 10.2. The first-order valence-corrected chi connectivity index (χ1v) is 10.2. The van der Waals surface area contributed by atoms with Gasteiger partial charge in [-0.1, -0.05) is 11.3 Å². The molecular formula is C21H29F2N5O2. The highest BCUT2D eigenvalue weighted by atomic mass is 19.3. The molecule has 30 heavy (non-hydrogen) atoms. The molecule has 0 radical (unpaired) electrons. The number of methoxy groups -OCH3 is 1. The van der Waals surface area contributed by atoms with Gasteiger partial charge >= 0.3 is 5.92 Å². The zero-order chi connectivity index (χ0) is 21.9. The van der Waals surface area contributed by atoms with Crippen LogP contribution in [0.25, 0.3) is 0 Å². The van der Waals surface area contributed by atoms with Gasteiger partial charge in [-0.3, -0.25) is 9.48 Å². The minimum absolute atomic E-state index is 0.0302. The maximum Gasteiger partial charge on any atom is 0.326 e. The summed E-state index contributed by atoms with van der Waals surface area (Å²) in [5, 5.41) is 10.9. The summed E-state index contributed by atoms with van der Waals surface area (Å²) in [7, 11) is 3.35. The Morgan fingerprint density at radius 2 is 2.20 bits per heavy atom. The molecule has 2 unspecified atom stereocenters. The van der Waals surface area contributed by atoms with Gasteiger partial charge < -0.3 is 15.0 Å². The molecule has 1 aliphatic heterocycles. The molecule has 2 atom stereocenters. The molecule has 9 heteroatoms. The number of halogens is 2. The lowest BCUT2D eigenvalue weighted by atomic mass is 9.98. The van der Waals surface area contributed by atoms with Crippen molar-refractivity contribution in [1.82, 2.24) is 25.2 Å². The van der Waals surface area contributed by atoms with Crippen LogP contribution in [0.15, 0.2) is 24.4 Å². The minimum Gasteiger partial charge on any atom is -0.497 e. The summed E-state index contributed by atoms with van der Waals surface area (Å²) in [5.74, 6) is -3.95. The van der Waals surface area contributed by atoms with Gasteiger partial charge in [-0.15, -0.1) is 5.10 Å². The second kappa shape index (κ2) is 9.07. The molecular weight excluding hydrogens is 392 g/mol. The fourth-order valence-electron chi connectivity index (χ4n) is 3.78. The topological polar surface area (TPSA) is 72.3 Å². The number of aromatic nitrogens is 3. The van der Waals surface area contributed by atoms with E-state index in [1.54, 1.807) is 20.4 Å². The number of aryl methyl sites for hydroxylation is 2. The van der Waals surface area contributed by atoms with Gasteiger partial charge in [-0.2, -0.15) is 8.78 Å². The number of likely N-dealkylation sites (tertiary alicyclic amines) is 1. The second-order valence-corrected chi connectivity index (χ2v) is 7.75. The molecule has 0 aliphatic carbocycles. The Morgan fingerprint density at radius 3 is 2.90 bits per heavy atom. The van der Waals surface area contributed by atoms with Gasteiger partial charge in [0.25, 0.3) is 5.91 Å². The van der Waals surface area contributed by atoms with Gasteiger partial charge in [0.15, 0.2) is 0 Å². The van der Waals surface area contributed by atoms with Crippen LogP contribution in [0.3, 0.4) is 0 Å². The predicted octanol–water partition coefficient (Wildman–Crippen LogP) is 3.26. The monoisotopic (exact) mass is 421 g/mol. The van der Waals surface area contributed by atoms with Crippen molar-refractivity contribution in [2.45, 2.75) is 57.7 Å². The lowest BCUT2D eigenvalue weighted by Crippen LogP contribution is -2.43. The molecule has 3 rings (SSSR count). The number of nitrogens with one attached hydrogen (secondary N) is 1. The van der Waals surface area contributed by atoms with Crippen molar-refractivity contribution < 1.29 is 18.3 Å². The first-order chi connectivity index (χ1) is 14.3. The van der Waals surface area contributed by atoms with Crippen LogP contribution in [-0.4, -0.2) is 52.4 Å². The summed E-state index contributed by atoms with van der Waals surface area (Å²) in [4.78, 5) is 14.1. The van der Waals surface area contributed by atoms with Crippen LogP contribution in [0.2, 0.25) is 0 Å². The lowest BCUT2D eigenvalue weighted by Gasteiger charge is -2.30. The van der Waals surface area contributed by atoms with E-state index in [0.29, 0.717) is 30.8 Å². The summed E-state index contributed by atoms with van der Waals surface area (Å²) < 4.78 is 36.3. The van der Waals surface area contributed by atoms with Crippen LogP contribution in [0.4, 0.5) is 8.78 Å². The molecule has 1 aliphatic rings. The molecule has 164 valence electrons. The molecule has 2 heterocycles. The summed E-state index contributed by atoms with van der Waals surface area (Å²) in [6.07, 6.45) is 2.35. The summed E-state index contributed by atoms with van der Waals surface area (Å²) in [6.45, 7) is 4.06. The number of nitrogens with zero attached hydrogens (tertiary/aromatic N) is 4. The second-order valence-electron chi connectivity index (χ2n) is 7.75. The Bertz CT molecular complexity index is 886. The van der Waals surface area contributed by atoms with Gasteiger partial charge in [-0.25, -0.2) is 0 Å². The van der Waals surface area contributed by atoms with Gasteiger partial charge in [0.1, 0.15) is 5.75 Å². The van der Waals surface area contributed by atoms with E-state index in [4.69, 9.17) is 4.74 Å². The van der Waals surface area contributed by atoms with E-state index >= 15 is 0 Å². The highest BCUT2D eigenvalue weighted by Crippen LogP contribution is 2.38. The standard InChI is InChI=1S/C21H29F2N5O2/c1-14-7-8-16(30-4)12-17(14)19-6-5-10-28(19)20(29)21(22,23)9-11-27-13-18(25-26-27)15(2)24-3/h7-8,12-13,15,19,24H,5-6,9-11H2,1-4H3. The van der Waals surface area contributed by atoms with Crippen molar-refractivity contribution >= 4 is 5.91 Å². The molecule has 7 nitrogen and oxygen atoms in total. The van der Waals surface area contributed by atoms with Crippen LogP contribution in [0, 0.1) is 6.92 Å². The molecule has 1 fully saturated rings. The summed E-state index contributed by atoms with van der Waals surface area (Å²) in [5.41, 5.74) is 2.48. The van der Waals surface area contributed by atoms with Crippen molar-refractivity contribution in [1.29, 1.82) is 0 Å². The van der Waals surface area contributed by atoms with Crippen LogP contribution in [0.5, 0.6) is 5.75 Å². The average Bonchev–Trinajstić information content (AvgIpc) is 3.41. The first kappa shape index (κ1) is 22.1. The normalized spacial score (nSPS) is 17.9. The predicted molar refractivity (Wildman–Crippen MR) is 108 cm³/mol. The van der Waals surface area contributed by atoms with E-state index in [1.807, 2.05) is 32.0 Å². The molecule has 0 saturated carbocycles. The third kappa shape index (κ3) is 4.61. The molecule has 1 N–H and O–H groups in total. The Labute approximate surface area is 175 Å². The van der Waals surface area contributed by atoms with E-state index in [-0.39, 0.29) is 18.6 Å². The number of carbonyl (C=O) groups is 1.